The highest BCUT2D eigenvalue weighted by molar-refractivity contribution is 6.42. The van der Waals surface area contributed by atoms with Gasteiger partial charge in [-0.2, -0.15) is 0 Å². The zero-order chi connectivity index (χ0) is 31.9. The fourth-order valence-corrected chi connectivity index (χ4v) is 3.51. The Kier molecular flexibility index (Phi) is 19.5. The van der Waals surface area contributed by atoms with Crippen LogP contribution >= 0.6 is 23.2 Å². The van der Waals surface area contributed by atoms with Gasteiger partial charge in [-0.05, 0) is 102 Å². The van der Waals surface area contributed by atoms with Crippen LogP contribution in [0.4, 0.5) is 0 Å². The van der Waals surface area contributed by atoms with Gasteiger partial charge in [0.05, 0.1) is 16.3 Å². The van der Waals surface area contributed by atoms with Crippen molar-refractivity contribution >= 4 is 29.4 Å². The maximum Gasteiger partial charge on any atom is 0.100 e. The molecule has 3 nitrogen and oxygen atoms in total. The molecule has 1 aliphatic heterocycles. The molecule has 3 heterocycles. The molecule has 0 amide bonds. The van der Waals surface area contributed by atoms with Gasteiger partial charge in [0.2, 0.25) is 0 Å². The van der Waals surface area contributed by atoms with Crippen LogP contribution in [0.3, 0.4) is 0 Å². The van der Waals surface area contributed by atoms with Gasteiger partial charge in [0.15, 0.2) is 0 Å². The maximum absolute atomic E-state index is 5.68. The maximum atomic E-state index is 5.68. The third-order valence-electron chi connectivity index (χ3n) is 5.51. The van der Waals surface area contributed by atoms with Gasteiger partial charge in [0, 0.05) is 31.2 Å². The highest BCUT2D eigenvalue weighted by Gasteiger charge is 1.93. The number of hydrogen-bond acceptors (Lipinski definition) is 3. The van der Waals surface area contributed by atoms with Crippen LogP contribution in [0.1, 0.15) is 46.9 Å². The van der Waals surface area contributed by atoms with Crippen LogP contribution in [-0.4, -0.2) is 11.2 Å². The number of allylic oxidation sites excluding steroid dienone is 1. The minimum Gasteiger partial charge on any atom is -0.470 e. The fourth-order valence-electron chi connectivity index (χ4n) is 3.16. The van der Waals surface area contributed by atoms with Crippen molar-refractivity contribution in [3.05, 3.63) is 171 Å². The first-order chi connectivity index (χ1) is 20.6. The summed E-state index contributed by atoms with van der Waals surface area (Å²) in [5.41, 5.74) is 7.74. The Labute approximate surface area is 269 Å². The zero-order valence-electron chi connectivity index (χ0n) is 26.4. The molecule has 3 aromatic carbocycles. The predicted octanol–water partition coefficient (Wildman–Crippen LogP) is 11.9. The number of aliphatic imine (C=N–C) groups is 1. The monoisotopic (exact) mass is 614 g/mol. The number of pyridine rings is 1. The second kappa shape index (κ2) is 22.6. The van der Waals surface area contributed by atoms with Gasteiger partial charge in [-0.15, -0.1) is 0 Å². The molecule has 5 heteroatoms. The van der Waals surface area contributed by atoms with E-state index in [4.69, 9.17) is 27.6 Å². The molecule has 0 bridgehead atoms. The van der Waals surface area contributed by atoms with E-state index in [2.05, 4.69) is 74.1 Å². The Morgan fingerprint density at radius 2 is 1.14 bits per heavy atom. The lowest BCUT2D eigenvalue weighted by Gasteiger charge is -1.94. The van der Waals surface area contributed by atoms with Gasteiger partial charge in [0.25, 0.3) is 0 Å². The number of rotatable bonds is 0. The van der Waals surface area contributed by atoms with E-state index in [9.17, 15) is 0 Å². The summed E-state index contributed by atoms with van der Waals surface area (Å²) in [4.78, 5) is 7.72. The Balaban J connectivity index is 0.000000259. The minimum atomic E-state index is 0.613. The number of hydrogen-bond donors (Lipinski definition) is 0. The molecular weight excluding hydrogens is 571 g/mol. The minimum absolute atomic E-state index is 0.613. The summed E-state index contributed by atoms with van der Waals surface area (Å²) >= 11 is 11.3. The number of furan rings is 1. The first-order valence-corrected chi connectivity index (χ1v) is 14.8. The van der Waals surface area contributed by atoms with E-state index >= 15 is 0 Å². The van der Waals surface area contributed by atoms with Gasteiger partial charge in [-0.1, -0.05) is 101 Å². The molecular formula is C38H44Cl2N2O. The van der Waals surface area contributed by atoms with Gasteiger partial charge in [0.1, 0.15) is 5.76 Å². The third-order valence-corrected chi connectivity index (χ3v) is 6.25. The summed E-state index contributed by atoms with van der Waals surface area (Å²) in [5, 5.41) is 1.24. The number of halogens is 2. The Hall–Kier alpha value is -3.92. The number of aryl methyl sites for hydroxylation is 6. The van der Waals surface area contributed by atoms with Gasteiger partial charge >= 0.3 is 0 Å². The van der Waals surface area contributed by atoms with E-state index in [0.29, 0.717) is 10.0 Å². The van der Waals surface area contributed by atoms with Crippen LogP contribution < -0.4 is 0 Å². The van der Waals surface area contributed by atoms with E-state index in [1.165, 1.54) is 27.8 Å². The SMILES string of the molecule is CC1=CN=CC1.Cc1ccc(Cl)c(Cl)c1.Cc1cccc(C)c1.Cc1ccccc1.Cc1ccco1.Cc1ccncc1. The van der Waals surface area contributed by atoms with Crippen LogP contribution in [0.25, 0.3) is 0 Å². The van der Waals surface area contributed by atoms with Crippen molar-refractivity contribution in [2.75, 3.05) is 0 Å². The lowest BCUT2D eigenvalue weighted by molar-refractivity contribution is 0.534. The number of benzene rings is 3. The van der Waals surface area contributed by atoms with E-state index in [1.807, 2.05) is 87.8 Å². The van der Waals surface area contributed by atoms with E-state index < -0.39 is 0 Å². The van der Waals surface area contributed by atoms with E-state index in [1.54, 1.807) is 24.7 Å². The van der Waals surface area contributed by atoms with Crippen molar-refractivity contribution < 1.29 is 4.42 Å². The summed E-state index contributed by atoms with van der Waals surface area (Å²) in [7, 11) is 0. The highest BCUT2D eigenvalue weighted by atomic mass is 35.5. The quantitative estimate of drug-likeness (QED) is 0.174. The summed E-state index contributed by atoms with van der Waals surface area (Å²) in [6.45, 7) is 14.3. The van der Waals surface area contributed by atoms with E-state index in [0.717, 1.165) is 17.7 Å². The Morgan fingerprint density at radius 3 is 1.42 bits per heavy atom. The van der Waals surface area contributed by atoms with Crippen molar-refractivity contribution in [3.8, 4) is 0 Å². The largest absolute Gasteiger partial charge is 0.470 e. The summed E-state index contributed by atoms with van der Waals surface area (Å²) in [5.74, 6) is 0.968. The molecule has 5 aromatic rings. The first kappa shape index (κ1) is 37.1. The third kappa shape index (κ3) is 20.6. The molecule has 0 aliphatic carbocycles. The topological polar surface area (TPSA) is 38.4 Å². The lowest BCUT2D eigenvalue weighted by Crippen LogP contribution is -1.71. The van der Waals surface area contributed by atoms with E-state index in [-0.39, 0.29) is 0 Å². The molecule has 0 N–H and O–H groups in total. The van der Waals surface area contributed by atoms with Crippen LogP contribution in [0.5, 0.6) is 0 Å². The van der Waals surface area contributed by atoms with Crippen molar-refractivity contribution in [3.63, 3.8) is 0 Å². The van der Waals surface area contributed by atoms with Gasteiger partial charge in [-0.3, -0.25) is 9.98 Å². The second-order valence-corrected chi connectivity index (χ2v) is 10.8. The van der Waals surface area contributed by atoms with Gasteiger partial charge < -0.3 is 4.42 Å². The smallest absolute Gasteiger partial charge is 0.100 e. The fraction of sp³-hybridized carbons (Fsp3) is 0.211. The van der Waals surface area contributed by atoms with Crippen LogP contribution in [0.15, 0.2) is 137 Å². The summed E-state index contributed by atoms with van der Waals surface area (Å²) < 4.78 is 4.83. The Morgan fingerprint density at radius 1 is 0.558 bits per heavy atom. The normalized spacial score (nSPS) is 10.4. The van der Waals surface area contributed by atoms with Crippen LogP contribution in [0, 0.1) is 41.5 Å². The predicted molar refractivity (Wildman–Crippen MR) is 188 cm³/mol. The molecule has 0 fully saturated rings. The molecule has 1 aliphatic rings. The van der Waals surface area contributed by atoms with Crippen molar-refractivity contribution in [2.24, 2.45) is 4.99 Å². The van der Waals surface area contributed by atoms with Crippen molar-refractivity contribution in [2.45, 2.75) is 54.9 Å². The standard InChI is InChI=1S/C8H10.C7H6Cl2.C7H8.C6H7N.C5H7N.C5H6O/c1-7-4-3-5-8(2)6-7;1-5-2-3-6(8)7(9)4-5;1-7-5-3-2-4-6-7;1-6-2-4-7-5-3-6;1-5-2-3-6-4-5;1-5-3-2-4-6-5/h3-6H,1-2H3;2-4H,1H3;2-6H,1H3;2-5H,1H3;3-4H,2H2,1H3;2-4H,1H3. The molecule has 0 atom stereocenters. The zero-order valence-corrected chi connectivity index (χ0v) is 27.9. The molecule has 0 saturated carbocycles. The average molecular weight is 616 g/mol. The van der Waals surface area contributed by atoms with Gasteiger partial charge in [-0.25, -0.2) is 0 Å². The molecule has 0 radical (unpaired) electrons. The molecule has 0 saturated heterocycles. The lowest BCUT2D eigenvalue weighted by atomic mass is 10.2. The van der Waals surface area contributed by atoms with Crippen LogP contribution in [-0.2, 0) is 0 Å². The average Bonchev–Trinajstić information content (AvgIpc) is 3.67. The number of nitrogens with zero attached hydrogens (tertiary/aromatic N) is 2. The van der Waals surface area contributed by atoms with Crippen molar-refractivity contribution in [1.82, 2.24) is 4.98 Å². The molecule has 43 heavy (non-hydrogen) atoms. The molecule has 2 aromatic heterocycles. The Bertz CT molecular complexity index is 1410. The molecule has 0 unspecified atom stereocenters. The highest BCUT2D eigenvalue weighted by Crippen LogP contribution is 2.21. The first-order valence-electron chi connectivity index (χ1n) is 14.1. The molecule has 226 valence electrons. The van der Waals surface area contributed by atoms with Crippen LogP contribution in [0.2, 0.25) is 10.0 Å². The van der Waals surface area contributed by atoms with Crippen molar-refractivity contribution in [1.29, 1.82) is 0 Å². The molecule has 0 spiro atoms. The molecule has 6 rings (SSSR count). The number of aromatic nitrogens is 1. The summed E-state index contributed by atoms with van der Waals surface area (Å²) in [6.07, 6.45) is 10.1. The summed E-state index contributed by atoms with van der Waals surface area (Å²) in [6, 6.07) is 32.0. The second-order valence-electron chi connectivity index (χ2n) is 9.99.